The second-order valence-electron chi connectivity index (χ2n) is 5.50. The molecule has 0 aromatic heterocycles. The summed E-state index contributed by atoms with van der Waals surface area (Å²) >= 11 is 0. The minimum Gasteiger partial charge on any atom is -0.479 e. The van der Waals surface area contributed by atoms with Gasteiger partial charge in [0.25, 0.3) is 5.91 Å². The van der Waals surface area contributed by atoms with E-state index in [1.165, 1.54) is 11.1 Å². The van der Waals surface area contributed by atoms with E-state index in [0.29, 0.717) is 6.54 Å². The Morgan fingerprint density at radius 2 is 2.00 bits per heavy atom. The van der Waals surface area contributed by atoms with Gasteiger partial charge in [-0.3, -0.25) is 4.79 Å². The smallest absolute Gasteiger partial charge is 0.268 e. The van der Waals surface area contributed by atoms with Crippen molar-refractivity contribution in [1.82, 2.24) is 0 Å². The lowest BCUT2D eigenvalue weighted by atomic mass is 9.90. The van der Waals surface area contributed by atoms with E-state index in [2.05, 4.69) is 25.1 Å². The number of carbonyl (C=O) groups excluding carboxylic acids is 1. The molecule has 2 heterocycles. The Morgan fingerprint density at radius 1 is 1.20 bits per heavy atom. The zero-order valence-corrected chi connectivity index (χ0v) is 11.5. The zero-order chi connectivity index (χ0) is 13.9. The molecule has 2 aliphatic heterocycles. The maximum Gasteiger partial charge on any atom is 0.268 e. The summed E-state index contributed by atoms with van der Waals surface area (Å²) in [6.07, 6.45) is -0.414. The zero-order valence-electron chi connectivity index (χ0n) is 11.5. The summed E-state index contributed by atoms with van der Waals surface area (Å²) in [5.74, 6) is 0.860. The molecule has 0 saturated heterocycles. The van der Waals surface area contributed by atoms with Crippen LogP contribution in [-0.2, 0) is 11.3 Å². The molecule has 3 nitrogen and oxygen atoms in total. The van der Waals surface area contributed by atoms with Crippen LogP contribution in [0.1, 0.15) is 18.1 Å². The number of carbonyl (C=O) groups is 1. The van der Waals surface area contributed by atoms with Crippen LogP contribution < -0.4 is 9.64 Å². The highest BCUT2D eigenvalue weighted by molar-refractivity contribution is 6.06. The second-order valence-corrected chi connectivity index (χ2v) is 5.50. The van der Waals surface area contributed by atoms with Crippen LogP contribution in [0, 0.1) is 6.92 Å². The Labute approximate surface area is 117 Å². The summed E-state index contributed by atoms with van der Waals surface area (Å²) in [7, 11) is 0. The minimum atomic E-state index is -0.414. The molecule has 0 fully saturated rings. The first kappa shape index (κ1) is 11.5. The van der Waals surface area contributed by atoms with Crippen molar-refractivity contribution in [2.24, 2.45) is 0 Å². The SMILES string of the molecule is Cc1cc2c3c(c1)-c1ccccc1CN3C(=O)C(C)O2. The van der Waals surface area contributed by atoms with Gasteiger partial charge in [0.15, 0.2) is 6.10 Å². The van der Waals surface area contributed by atoms with Gasteiger partial charge >= 0.3 is 0 Å². The average Bonchev–Trinajstić information content (AvgIpc) is 2.44. The van der Waals surface area contributed by atoms with Crippen LogP contribution in [0.4, 0.5) is 5.69 Å². The van der Waals surface area contributed by atoms with Crippen LogP contribution in [0.15, 0.2) is 36.4 Å². The van der Waals surface area contributed by atoms with E-state index in [4.69, 9.17) is 4.74 Å². The molecular formula is C17H15NO2. The number of ether oxygens (including phenoxy) is 1. The van der Waals surface area contributed by atoms with Gasteiger partial charge < -0.3 is 9.64 Å². The molecule has 0 spiro atoms. The summed E-state index contributed by atoms with van der Waals surface area (Å²) in [5, 5.41) is 0. The van der Waals surface area contributed by atoms with Gasteiger partial charge in [0.2, 0.25) is 0 Å². The fourth-order valence-electron chi connectivity index (χ4n) is 3.14. The molecule has 100 valence electrons. The molecule has 1 amide bonds. The number of aryl methyl sites for hydroxylation is 1. The van der Waals surface area contributed by atoms with E-state index >= 15 is 0 Å². The minimum absolute atomic E-state index is 0.0390. The maximum atomic E-state index is 12.4. The Morgan fingerprint density at radius 3 is 2.85 bits per heavy atom. The summed E-state index contributed by atoms with van der Waals surface area (Å²) in [4.78, 5) is 14.3. The predicted octanol–water partition coefficient (Wildman–Crippen LogP) is 3.29. The first-order valence-corrected chi connectivity index (χ1v) is 6.86. The molecule has 0 saturated carbocycles. The first-order chi connectivity index (χ1) is 9.65. The Balaban J connectivity index is 2.06. The van der Waals surface area contributed by atoms with Crippen LogP contribution in [-0.4, -0.2) is 12.0 Å². The fourth-order valence-corrected chi connectivity index (χ4v) is 3.14. The van der Waals surface area contributed by atoms with E-state index in [0.717, 1.165) is 22.6 Å². The number of rotatable bonds is 0. The maximum absolute atomic E-state index is 12.4. The predicted molar refractivity (Wildman–Crippen MR) is 77.9 cm³/mol. The van der Waals surface area contributed by atoms with Crippen LogP contribution in [0.2, 0.25) is 0 Å². The van der Waals surface area contributed by atoms with Crippen LogP contribution in [0.25, 0.3) is 11.1 Å². The van der Waals surface area contributed by atoms with E-state index in [1.54, 1.807) is 0 Å². The molecule has 2 aromatic carbocycles. The molecule has 0 N–H and O–H groups in total. The van der Waals surface area contributed by atoms with Gasteiger partial charge in [-0.25, -0.2) is 0 Å². The second kappa shape index (κ2) is 3.85. The Hall–Kier alpha value is -2.29. The summed E-state index contributed by atoms with van der Waals surface area (Å²) in [5.41, 5.74) is 5.57. The Kier molecular flexibility index (Phi) is 2.22. The van der Waals surface area contributed by atoms with E-state index < -0.39 is 6.10 Å². The lowest BCUT2D eigenvalue weighted by Crippen LogP contribution is -2.45. The van der Waals surface area contributed by atoms with E-state index in [-0.39, 0.29) is 5.91 Å². The number of fused-ring (bicyclic) bond motifs is 2. The van der Waals surface area contributed by atoms with Crippen molar-refractivity contribution in [3.05, 3.63) is 47.5 Å². The standard InChI is InChI=1S/C17H15NO2/c1-10-7-14-13-6-4-3-5-12(13)9-18-16(14)15(8-10)20-11(2)17(18)19/h3-8,11H,9H2,1-2H3. The summed E-state index contributed by atoms with van der Waals surface area (Å²) < 4.78 is 5.80. The van der Waals surface area contributed by atoms with Crippen molar-refractivity contribution < 1.29 is 9.53 Å². The summed E-state index contributed by atoms with van der Waals surface area (Å²) in [6.45, 7) is 4.50. The van der Waals surface area contributed by atoms with Gasteiger partial charge in [0.1, 0.15) is 5.75 Å². The number of amides is 1. The van der Waals surface area contributed by atoms with Gasteiger partial charge in [0.05, 0.1) is 12.2 Å². The van der Waals surface area contributed by atoms with Gasteiger partial charge in [-0.15, -0.1) is 0 Å². The molecule has 2 aliphatic rings. The molecule has 1 atom stereocenters. The number of hydrogen-bond donors (Lipinski definition) is 0. The normalized spacial score (nSPS) is 19.2. The fraction of sp³-hybridized carbons (Fsp3) is 0.235. The van der Waals surface area contributed by atoms with E-state index in [9.17, 15) is 4.79 Å². The topological polar surface area (TPSA) is 29.5 Å². The quantitative estimate of drug-likeness (QED) is 0.731. The lowest BCUT2D eigenvalue weighted by molar-refractivity contribution is -0.125. The van der Waals surface area contributed by atoms with Gasteiger partial charge in [-0.2, -0.15) is 0 Å². The molecule has 0 aliphatic carbocycles. The van der Waals surface area contributed by atoms with Crippen molar-refractivity contribution in [2.45, 2.75) is 26.5 Å². The van der Waals surface area contributed by atoms with E-state index in [1.807, 2.05) is 30.0 Å². The lowest BCUT2D eigenvalue weighted by Gasteiger charge is -2.38. The summed E-state index contributed by atoms with van der Waals surface area (Å²) in [6, 6.07) is 12.4. The third-order valence-corrected chi connectivity index (χ3v) is 4.04. The average molecular weight is 265 g/mol. The monoisotopic (exact) mass is 265 g/mol. The van der Waals surface area contributed by atoms with Crippen molar-refractivity contribution >= 4 is 11.6 Å². The van der Waals surface area contributed by atoms with Crippen molar-refractivity contribution in [1.29, 1.82) is 0 Å². The molecule has 0 radical (unpaired) electrons. The van der Waals surface area contributed by atoms with Crippen molar-refractivity contribution in [3.63, 3.8) is 0 Å². The van der Waals surface area contributed by atoms with Gasteiger partial charge in [-0.05, 0) is 42.7 Å². The molecule has 1 unspecified atom stereocenters. The first-order valence-electron chi connectivity index (χ1n) is 6.86. The highest BCUT2D eigenvalue weighted by Crippen LogP contribution is 2.47. The molecule has 4 rings (SSSR count). The van der Waals surface area contributed by atoms with Gasteiger partial charge in [-0.1, -0.05) is 24.3 Å². The van der Waals surface area contributed by atoms with Crippen molar-refractivity contribution in [3.8, 4) is 16.9 Å². The number of anilines is 1. The van der Waals surface area contributed by atoms with Crippen LogP contribution in [0.3, 0.4) is 0 Å². The molecule has 3 heteroatoms. The molecule has 2 aromatic rings. The molecular weight excluding hydrogens is 250 g/mol. The highest BCUT2D eigenvalue weighted by atomic mass is 16.5. The third kappa shape index (κ3) is 1.43. The number of nitrogens with zero attached hydrogens (tertiary/aromatic N) is 1. The number of benzene rings is 2. The number of hydrogen-bond acceptors (Lipinski definition) is 2. The van der Waals surface area contributed by atoms with Crippen LogP contribution >= 0.6 is 0 Å². The Bertz CT molecular complexity index is 736. The molecule has 0 bridgehead atoms. The highest BCUT2D eigenvalue weighted by Gasteiger charge is 2.36. The third-order valence-electron chi connectivity index (χ3n) is 4.04. The van der Waals surface area contributed by atoms with Crippen molar-refractivity contribution in [2.75, 3.05) is 4.90 Å². The largest absolute Gasteiger partial charge is 0.479 e. The van der Waals surface area contributed by atoms with Crippen LogP contribution in [0.5, 0.6) is 5.75 Å². The van der Waals surface area contributed by atoms with Gasteiger partial charge in [0, 0.05) is 5.56 Å². The molecule has 20 heavy (non-hydrogen) atoms.